The molecule has 0 aromatic carbocycles. The molecule has 1 heterocycles. The van der Waals surface area contributed by atoms with Crippen molar-refractivity contribution < 1.29 is 9.90 Å². The molecule has 0 fully saturated rings. The van der Waals surface area contributed by atoms with Crippen LogP contribution in [0.2, 0.25) is 0 Å². The highest BCUT2D eigenvalue weighted by Gasteiger charge is 2.03. The maximum atomic E-state index is 10.3. The fourth-order valence-corrected chi connectivity index (χ4v) is 1.50. The third-order valence-corrected chi connectivity index (χ3v) is 2.21. The van der Waals surface area contributed by atoms with E-state index in [0.717, 1.165) is 25.1 Å². The van der Waals surface area contributed by atoms with E-state index < -0.39 is 5.97 Å². The minimum absolute atomic E-state index is 0.236. The fourth-order valence-electron chi connectivity index (χ4n) is 1.50. The summed E-state index contributed by atoms with van der Waals surface area (Å²) in [7, 11) is 0. The van der Waals surface area contributed by atoms with Crippen molar-refractivity contribution in [1.29, 1.82) is 0 Å². The number of carbonyl (C=O) groups is 1. The smallest absolute Gasteiger partial charge is 0.303 e. The molecule has 0 saturated heterocycles. The second-order valence-corrected chi connectivity index (χ2v) is 4.43. The Labute approximate surface area is 95.5 Å². The van der Waals surface area contributed by atoms with E-state index in [1.807, 2.05) is 10.9 Å². The molecule has 1 rings (SSSR count). The molecule has 0 amide bonds. The SMILES string of the molecule is CC(C)Cn1cc(CCCCC(=O)O)nn1. The Morgan fingerprint density at radius 2 is 2.25 bits per heavy atom. The molecule has 1 aromatic rings. The number of aromatic nitrogens is 3. The van der Waals surface area contributed by atoms with Crippen LogP contribution in [0.25, 0.3) is 0 Å². The van der Waals surface area contributed by atoms with E-state index in [2.05, 4.69) is 24.2 Å². The molecule has 0 radical (unpaired) electrons. The van der Waals surface area contributed by atoms with Gasteiger partial charge in [0.25, 0.3) is 0 Å². The molecule has 0 aliphatic heterocycles. The van der Waals surface area contributed by atoms with Crippen LogP contribution in [0.5, 0.6) is 0 Å². The van der Waals surface area contributed by atoms with Gasteiger partial charge in [0.1, 0.15) is 0 Å². The average Bonchev–Trinajstić information content (AvgIpc) is 2.59. The summed E-state index contributed by atoms with van der Waals surface area (Å²) >= 11 is 0. The number of unbranched alkanes of at least 4 members (excludes halogenated alkanes) is 1. The van der Waals surface area contributed by atoms with Crippen molar-refractivity contribution in [3.8, 4) is 0 Å². The van der Waals surface area contributed by atoms with E-state index in [9.17, 15) is 4.79 Å². The Morgan fingerprint density at radius 1 is 1.50 bits per heavy atom. The van der Waals surface area contributed by atoms with Gasteiger partial charge in [0.2, 0.25) is 0 Å². The van der Waals surface area contributed by atoms with Gasteiger partial charge in [-0.25, -0.2) is 0 Å². The Balaban J connectivity index is 2.26. The average molecular weight is 225 g/mol. The lowest BCUT2D eigenvalue weighted by Crippen LogP contribution is -2.04. The number of rotatable bonds is 7. The van der Waals surface area contributed by atoms with Crippen molar-refractivity contribution in [3.05, 3.63) is 11.9 Å². The number of hydrogen-bond donors (Lipinski definition) is 1. The van der Waals surface area contributed by atoms with Crippen LogP contribution < -0.4 is 0 Å². The summed E-state index contributed by atoms with van der Waals surface area (Å²) in [6.07, 6.45) is 4.55. The number of hydrogen-bond acceptors (Lipinski definition) is 3. The molecule has 5 heteroatoms. The molecule has 0 aliphatic carbocycles. The van der Waals surface area contributed by atoms with Gasteiger partial charge in [-0.1, -0.05) is 19.1 Å². The van der Waals surface area contributed by atoms with Gasteiger partial charge in [-0.2, -0.15) is 0 Å². The summed E-state index contributed by atoms with van der Waals surface area (Å²) in [5.41, 5.74) is 0.950. The van der Waals surface area contributed by atoms with E-state index in [0.29, 0.717) is 12.3 Å². The quantitative estimate of drug-likeness (QED) is 0.717. The fraction of sp³-hybridized carbons (Fsp3) is 0.727. The first-order chi connectivity index (χ1) is 7.58. The molecular formula is C11H19N3O2. The molecule has 0 aliphatic rings. The third-order valence-electron chi connectivity index (χ3n) is 2.21. The van der Waals surface area contributed by atoms with E-state index in [-0.39, 0.29) is 6.42 Å². The summed E-state index contributed by atoms with van der Waals surface area (Å²) < 4.78 is 1.84. The van der Waals surface area contributed by atoms with Gasteiger partial charge in [0.05, 0.1) is 5.69 Å². The number of carboxylic acids is 1. The number of aryl methyl sites for hydroxylation is 1. The highest BCUT2D eigenvalue weighted by molar-refractivity contribution is 5.66. The van der Waals surface area contributed by atoms with Crippen molar-refractivity contribution in [2.75, 3.05) is 0 Å². The molecule has 0 spiro atoms. The number of carboxylic acid groups (broad SMARTS) is 1. The van der Waals surface area contributed by atoms with Crippen molar-refractivity contribution in [2.45, 2.75) is 46.1 Å². The zero-order valence-electron chi connectivity index (χ0n) is 9.89. The van der Waals surface area contributed by atoms with Gasteiger partial charge >= 0.3 is 5.97 Å². The van der Waals surface area contributed by atoms with E-state index in [1.165, 1.54) is 0 Å². The van der Waals surface area contributed by atoms with Crippen LogP contribution in [-0.4, -0.2) is 26.1 Å². The van der Waals surface area contributed by atoms with Gasteiger partial charge in [0, 0.05) is 19.2 Å². The first-order valence-corrected chi connectivity index (χ1v) is 5.68. The standard InChI is InChI=1S/C11H19N3O2/c1-9(2)7-14-8-10(12-13-14)5-3-4-6-11(15)16/h8-9H,3-7H2,1-2H3,(H,15,16). The van der Waals surface area contributed by atoms with Crippen LogP contribution in [0.4, 0.5) is 0 Å². The van der Waals surface area contributed by atoms with Gasteiger partial charge < -0.3 is 5.11 Å². The topological polar surface area (TPSA) is 68.0 Å². The Kier molecular flexibility index (Phi) is 4.95. The van der Waals surface area contributed by atoms with Crippen molar-refractivity contribution >= 4 is 5.97 Å². The van der Waals surface area contributed by atoms with Gasteiger partial charge in [-0.05, 0) is 25.2 Å². The predicted octanol–water partition coefficient (Wildman–Crippen LogP) is 1.73. The zero-order chi connectivity index (χ0) is 12.0. The van der Waals surface area contributed by atoms with Crippen LogP contribution in [0.15, 0.2) is 6.20 Å². The highest BCUT2D eigenvalue weighted by atomic mass is 16.4. The van der Waals surface area contributed by atoms with Crippen LogP contribution >= 0.6 is 0 Å². The van der Waals surface area contributed by atoms with E-state index in [4.69, 9.17) is 5.11 Å². The molecule has 5 nitrogen and oxygen atoms in total. The zero-order valence-corrected chi connectivity index (χ0v) is 9.89. The largest absolute Gasteiger partial charge is 0.481 e. The summed E-state index contributed by atoms with van der Waals surface area (Å²) in [4.78, 5) is 10.3. The molecule has 0 bridgehead atoms. The normalized spacial score (nSPS) is 10.9. The van der Waals surface area contributed by atoms with Crippen LogP contribution in [0.3, 0.4) is 0 Å². The minimum atomic E-state index is -0.733. The summed E-state index contributed by atoms with van der Waals surface area (Å²) in [5.74, 6) is -0.176. The summed E-state index contributed by atoms with van der Waals surface area (Å²) in [6.45, 7) is 5.14. The number of aliphatic carboxylic acids is 1. The molecule has 16 heavy (non-hydrogen) atoms. The first kappa shape index (κ1) is 12.7. The summed E-state index contributed by atoms with van der Waals surface area (Å²) in [5, 5.41) is 16.6. The predicted molar refractivity (Wildman–Crippen MR) is 60.1 cm³/mol. The van der Waals surface area contributed by atoms with Crippen molar-refractivity contribution in [2.24, 2.45) is 5.92 Å². The van der Waals surface area contributed by atoms with Crippen molar-refractivity contribution in [3.63, 3.8) is 0 Å². The third kappa shape index (κ3) is 4.91. The minimum Gasteiger partial charge on any atom is -0.481 e. The first-order valence-electron chi connectivity index (χ1n) is 5.68. The molecule has 1 N–H and O–H groups in total. The Hall–Kier alpha value is -1.39. The van der Waals surface area contributed by atoms with Gasteiger partial charge in [-0.15, -0.1) is 5.10 Å². The maximum Gasteiger partial charge on any atom is 0.303 e. The molecule has 90 valence electrons. The van der Waals surface area contributed by atoms with E-state index in [1.54, 1.807) is 0 Å². The van der Waals surface area contributed by atoms with Crippen LogP contribution in [0.1, 0.15) is 38.8 Å². The molecule has 0 atom stereocenters. The lowest BCUT2D eigenvalue weighted by Gasteiger charge is -2.01. The monoisotopic (exact) mass is 225 g/mol. The molecular weight excluding hydrogens is 206 g/mol. The van der Waals surface area contributed by atoms with Crippen LogP contribution in [0, 0.1) is 5.92 Å². The number of nitrogens with zero attached hydrogens (tertiary/aromatic N) is 3. The Morgan fingerprint density at radius 3 is 2.88 bits per heavy atom. The molecule has 1 aromatic heterocycles. The van der Waals surface area contributed by atoms with Gasteiger partial charge in [-0.3, -0.25) is 9.48 Å². The molecule has 0 unspecified atom stereocenters. The van der Waals surface area contributed by atoms with Gasteiger partial charge in [0.15, 0.2) is 0 Å². The van der Waals surface area contributed by atoms with Crippen molar-refractivity contribution in [1.82, 2.24) is 15.0 Å². The Bertz CT molecular complexity index is 334. The van der Waals surface area contributed by atoms with Crippen LogP contribution in [-0.2, 0) is 17.8 Å². The summed E-state index contributed by atoms with van der Waals surface area (Å²) in [6, 6.07) is 0. The van der Waals surface area contributed by atoms with E-state index >= 15 is 0 Å². The second-order valence-electron chi connectivity index (χ2n) is 4.43. The molecule has 0 saturated carbocycles. The lowest BCUT2D eigenvalue weighted by atomic mass is 10.1. The second kappa shape index (κ2) is 6.25. The lowest BCUT2D eigenvalue weighted by molar-refractivity contribution is -0.137. The highest BCUT2D eigenvalue weighted by Crippen LogP contribution is 2.04. The maximum absolute atomic E-state index is 10.3.